The first-order valence-corrected chi connectivity index (χ1v) is 10.2. The van der Waals surface area contributed by atoms with Crippen LogP contribution in [0.3, 0.4) is 0 Å². The number of rotatable bonds is 7. The second kappa shape index (κ2) is 9.87. The molecule has 2 aromatic rings. The van der Waals surface area contributed by atoms with Crippen LogP contribution in [0.15, 0.2) is 65.3 Å². The van der Waals surface area contributed by atoms with Gasteiger partial charge in [0.2, 0.25) is 5.88 Å². The summed E-state index contributed by atoms with van der Waals surface area (Å²) in [5, 5.41) is 21.5. The van der Waals surface area contributed by atoms with Crippen molar-refractivity contribution in [3.05, 3.63) is 92.1 Å². The number of carbonyl (C=O) groups is 1. The van der Waals surface area contributed by atoms with Gasteiger partial charge in [-0.1, -0.05) is 35.9 Å². The van der Waals surface area contributed by atoms with Crippen LogP contribution in [0.2, 0.25) is 0 Å². The Kier molecular flexibility index (Phi) is 6.98. The number of aryl methyl sites for hydroxylation is 1. The molecule has 1 heterocycles. The summed E-state index contributed by atoms with van der Waals surface area (Å²) in [5.74, 6) is -1.62. The summed E-state index contributed by atoms with van der Waals surface area (Å²) in [6.45, 7) is 5.37. The van der Waals surface area contributed by atoms with E-state index in [2.05, 4.69) is 0 Å². The molecule has 0 amide bonds. The maximum absolute atomic E-state index is 12.6. The van der Waals surface area contributed by atoms with Gasteiger partial charge >= 0.3 is 11.7 Å². The highest BCUT2D eigenvalue weighted by molar-refractivity contribution is 5.92. The summed E-state index contributed by atoms with van der Waals surface area (Å²) in [7, 11) is 0. The summed E-state index contributed by atoms with van der Waals surface area (Å²) in [6, 6.07) is 13.8. The van der Waals surface area contributed by atoms with Crippen molar-refractivity contribution in [3.63, 3.8) is 0 Å². The van der Waals surface area contributed by atoms with Crippen molar-refractivity contribution in [2.75, 3.05) is 6.61 Å². The van der Waals surface area contributed by atoms with Crippen molar-refractivity contribution in [2.45, 2.75) is 33.3 Å². The predicted molar refractivity (Wildman–Crippen MR) is 119 cm³/mol. The average molecular weight is 449 g/mol. The number of esters is 1. The lowest BCUT2D eigenvalue weighted by atomic mass is 9.83. The van der Waals surface area contributed by atoms with Gasteiger partial charge in [-0.25, -0.2) is 4.79 Å². The lowest BCUT2D eigenvalue weighted by molar-refractivity contribution is -0.386. The van der Waals surface area contributed by atoms with Gasteiger partial charge in [0.25, 0.3) is 0 Å². The van der Waals surface area contributed by atoms with Crippen LogP contribution in [0.25, 0.3) is 0 Å². The SMILES string of the molecule is CCOC(=O)C1=C(C)OC(N)=C(C#N)C1c1ccc(OCc2ccc(C)cc2)c([N+](=O)[O-])c1. The predicted octanol–water partition coefficient (Wildman–Crippen LogP) is 4.13. The van der Waals surface area contributed by atoms with E-state index >= 15 is 0 Å². The summed E-state index contributed by atoms with van der Waals surface area (Å²) in [6.07, 6.45) is 0. The molecule has 1 unspecified atom stereocenters. The zero-order valence-electron chi connectivity index (χ0n) is 18.5. The summed E-state index contributed by atoms with van der Waals surface area (Å²) < 4.78 is 16.2. The molecule has 9 heteroatoms. The Hall–Kier alpha value is -4.32. The maximum atomic E-state index is 12.6. The molecule has 2 aromatic carbocycles. The third-order valence-electron chi connectivity index (χ3n) is 5.13. The van der Waals surface area contributed by atoms with Crippen LogP contribution in [-0.4, -0.2) is 17.5 Å². The number of hydrogen-bond donors (Lipinski definition) is 1. The molecular formula is C24H23N3O6. The number of nitro benzene ring substituents is 1. The Bertz CT molecular complexity index is 1190. The Labute approximate surface area is 190 Å². The van der Waals surface area contributed by atoms with Crippen LogP contribution in [0.4, 0.5) is 5.69 Å². The van der Waals surface area contributed by atoms with Gasteiger partial charge in [-0.2, -0.15) is 5.26 Å². The highest BCUT2D eigenvalue weighted by Crippen LogP contribution is 2.42. The molecule has 9 nitrogen and oxygen atoms in total. The Morgan fingerprint density at radius 3 is 2.55 bits per heavy atom. The van der Waals surface area contributed by atoms with Crippen LogP contribution in [0, 0.1) is 28.4 Å². The van der Waals surface area contributed by atoms with Crippen LogP contribution >= 0.6 is 0 Å². The van der Waals surface area contributed by atoms with E-state index in [9.17, 15) is 20.2 Å². The van der Waals surface area contributed by atoms with Crippen molar-refractivity contribution in [1.29, 1.82) is 5.26 Å². The number of ether oxygens (including phenoxy) is 3. The number of nitriles is 1. The first-order valence-electron chi connectivity index (χ1n) is 10.2. The van der Waals surface area contributed by atoms with Gasteiger partial charge < -0.3 is 19.9 Å². The molecule has 1 aliphatic heterocycles. The van der Waals surface area contributed by atoms with E-state index < -0.39 is 16.8 Å². The number of carbonyl (C=O) groups excluding carboxylic acids is 1. The van der Waals surface area contributed by atoms with Gasteiger partial charge in [-0.05, 0) is 38.0 Å². The zero-order valence-corrected chi connectivity index (χ0v) is 18.5. The topological polar surface area (TPSA) is 138 Å². The third kappa shape index (κ3) is 4.96. The maximum Gasteiger partial charge on any atom is 0.338 e. The highest BCUT2D eigenvalue weighted by Gasteiger charge is 2.37. The van der Waals surface area contributed by atoms with E-state index in [1.807, 2.05) is 37.3 Å². The monoisotopic (exact) mass is 449 g/mol. The van der Waals surface area contributed by atoms with Crippen LogP contribution < -0.4 is 10.5 Å². The standard InChI is InChI=1S/C24H23N3O6/c1-4-31-24(28)21-15(3)33-23(26)18(12-25)22(21)17-9-10-20(19(11-17)27(29)30)32-13-16-7-5-14(2)6-8-16/h5-11,22H,4,13,26H2,1-3H3. The zero-order chi connectivity index (χ0) is 24.1. The normalized spacial score (nSPS) is 15.5. The minimum absolute atomic E-state index is 0.0359. The number of nitrogens with two attached hydrogens (primary N) is 1. The molecule has 0 bridgehead atoms. The van der Waals surface area contributed by atoms with Crippen molar-refractivity contribution in [2.24, 2.45) is 5.73 Å². The fourth-order valence-electron chi connectivity index (χ4n) is 3.51. The molecule has 0 saturated heterocycles. The van der Waals surface area contributed by atoms with Crippen molar-refractivity contribution in [1.82, 2.24) is 0 Å². The number of nitrogens with zero attached hydrogens (tertiary/aromatic N) is 2. The first kappa shape index (κ1) is 23.3. The minimum Gasteiger partial charge on any atom is -0.482 e. The Morgan fingerprint density at radius 1 is 1.24 bits per heavy atom. The van der Waals surface area contributed by atoms with Crippen LogP contribution in [-0.2, 0) is 20.9 Å². The Balaban J connectivity index is 2.02. The van der Waals surface area contributed by atoms with Gasteiger partial charge in [0.05, 0.1) is 23.0 Å². The summed E-state index contributed by atoms with van der Waals surface area (Å²) >= 11 is 0. The molecule has 0 aromatic heterocycles. The molecule has 0 saturated carbocycles. The minimum atomic E-state index is -0.979. The number of allylic oxidation sites excluding steroid dienone is 2. The second-order valence-corrected chi connectivity index (χ2v) is 7.37. The van der Waals surface area contributed by atoms with Gasteiger partial charge in [0, 0.05) is 6.07 Å². The molecule has 1 atom stereocenters. The number of benzene rings is 2. The van der Waals surface area contributed by atoms with Gasteiger partial charge in [-0.15, -0.1) is 0 Å². The van der Waals surface area contributed by atoms with Crippen LogP contribution in [0.5, 0.6) is 5.75 Å². The lowest BCUT2D eigenvalue weighted by Gasteiger charge is -2.26. The van der Waals surface area contributed by atoms with E-state index in [1.165, 1.54) is 19.1 Å². The molecule has 1 aliphatic rings. The number of hydrogen-bond acceptors (Lipinski definition) is 8. The number of nitro groups is 1. The quantitative estimate of drug-likeness (QED) is 0.378. The lowest BCUT2D eigenvalue weighted by Crippen LogP contribution is -2.25. The largest absolute Gasteiger partial charge is 0.482 e. The van der Waals surface area contributed by atoms with E-state index in [1.54, 1.807) is 13.0 Å². The fourth-order valence-corrected chi connectivity index (χ4v) is 3.51. The molecule has 0 spiro atoms. The first-order chi connectivity index (χ1) is 15.8. The highest BCUT2D eigenvalue weighted by atomic mass is 16.6. The molecular weight excluding hydrogens is 426 g/mol. The molecule has 33 heavy (non-hydrogen) atoms. The van der Waals surface area contributed by atoms with E-state index in [-0.39, 0.29) is 47.4 Å². The third-order valence-corrected chi connectivity index (χ3v) is 5.13. The van der Waals surface area contributed by atoms with Crippen molar-refractivity contribution in [3.8, 4) is 11.8 Å². The van der Waals surface area contributed by atoms with Crippen LogP contribution in [0.1, 0.15) is 36.5 Å². The van der Waals surface area contributed by atoms with E-state index in [0.29, 0.717) is 5.56 Å². The molecule has 2 N–H and O–H groups in total. The summed E-state index contributed by atoms with van der Waals surface area (Å²) in [5.41, 5.74) is 7.87. The smallest absolute Gasteiger partial charge is 0.338 e. The molecule has 3 rings (SSSR count). The summed E-state index contributed by atoms with van der Waals surface area (Å²) in [4.78, 5) is 23.9. The second-order valence-electron chi connectivity index (χ2n) is 7.37. The molecule has 170 valence electrons. The average Bonchev–Trinajstić information content (AvgIpc) is 2.78. The Morgan fingerprint density at radius 2 is 1.94 bits per heavy atom. The van der Waals surface area contributed by atoms with Gasteiger partial charge in [0.15, 0.2) is 5.75 Å². The fraction of sp³-hybridized carbons (Fsp3) is 0.250. The molecule has 0 aliphatic carbocycles. The van der Waals surface area contributed by atoms with Gasteiger partial charge in [0.1, 0.15) is 24.0 Å². The van der Waals surface area contributed by atoms with E-state index in [4.69, 9.17) is 19.9 Å². The van der Waals surface area contributed by atoms with E-state index in [0.717, 1.165) is 11.1 Å². The van der Waals surface area contributed by atoms with Crippen molar-refractivity contribution >= 4 is 11.7 Å². The molecule has 0 fully saturated rings. The van der Waals surface area contributed by atoms with Crippen molar-refractivity contribution < 1.29 is 23.9 Å². The van der Waals surface area contributed by atoms with Gasteiger partial charge in [-0.3, -0.25) is 10.1 Å². The molecule has 0 radical (unpaired) electrons.